The van der Waals surface area contributed by atoms with Gasteiger partial charge in [-0.1, -0.05) is 55.5 Å². The zero-order valence-electron chi connectivity index (χ0n) is 27.9. The smallest absolute Gasteiger partial charge is 0.308 e. The van der Waals surface area contributed by atoms with Gasteiger partial charge in [-0.2, -0.15) is 0 Å². The van der Waals surface area contributed by atoms with E-state index in [1.807, 2.05) is 64.4 Å². The number of esters is 2. The molecule has 6 fully saturated rings. The van der Waals surface area contributed by atoms with Gasteiger partial charge in [0.25, 0.3) is 0 Å². The van der Waals surface area contributed by atoms with Gasteiger partial charge in [0, 0.05) is 67.6 Å². The molecule has 12 rings (SSSR count). The summed E-state index contributed by atoms with van der Waals surface area (Å²) in [7, 11) is 0. The highest BCUT2D eigenvalue weighted by Crippen LogP contribution is 3.10. The molecule has 252 valence electrons. The molecule has 0 aromatic heterocycles. The minimum absolute atomic E-state index is 0.0261. The van der Waals surface area contributed by atoms with E-state index in [0.717, 1.165) is 50.5 Å². The molecule has 0 bridgehead atoms. The van der Waals surface area contributed by atoms with Gasteiger partial charge in [-0.3, -0.25) is 19.2 Å². The van der Waals surface area contributed by atoms with Crippen LogP contribution in [-0.4, -0.2) is 42.7 Å². The fourth-order valence-corrected chi connectivity index (χ4v) is 13.3. The quantitative estimate of drug-likeness (QED) is 0.126. The van der Waals surface area contributed by atoms with Crippen molar-refractivity contribution in [1.82, 2.24) is 0 Å². The van der Waals surface area contributed by atoms with Crippen molar-refractivity contribution in [2.75, 3.05) is 28.8 Å². The van der Waals surface area contributed by atoms with Crippen molar-refractivity contribution >= 4 is 68.3 Å². The van der Waals surface area contributed by atoms with E-state index >= 15 is 0 Å². The first kappa shape index (κ1) is 29.3. The Bertz CT molecular complexity index is 2100. The number of alkyl halides is 1. The van der Waals surface area contributed by atoms with E-state index in [9.17, 15) is 19.2 Å². The molecule has 0 saturated heterocycles. The molecular weight excluding hydrogens is 652 g/mol. The number of fused-ring (bicyclic) bond motifs is 6. The van der Waals surface area contributed by atoms with Crippen LogP contribution in [-0.2, 0) is 19.2 Å². The molecule has 2 unspecified atom stereocenters. The second kappa shape index (κ2) is 9.26. The summed E-state index contributed by atoms with van der Waals surface area (Å²) >= 11 is 6.55. The van der Waals surface area contributed by atoms with E-state index in [4.69, 9.17) is 21.1 Å². The number of rotatable bonds is 6. The maximum atomic E-state index is 14.8. The van der Waals surface area contributed by atoms with Crippen LogP contribution in [0.1, 0.15) is 50.2 Å². The highest BCUT2D eigenvalue weighted by Gasteiger charge is 3.13. The molecule has 8 aliphatic rings. The van der Waals surface area contributed by atoms with Crippen molar-refractivity contribution in [2.45, 2.75) is 39.0 Å². The summed E-state index contributed by atoms with van der Waals surface area (Å²) < 4.78 is 11.4. The molecule has 2 amide bonds. The highest BCUT2D eigenvalue weighted by molar-refractivity contribution is 6.19. The van der Waals surface area contributed by atoms with E-state index in [0.29, 0.717) is 30.5 Å². The molecule has 0 radical (unpaired) electrons. The van der Waals surface area contributed by atoms with E-state index in [2.05, 4.69) is 13.0 Å². The first-order valence-electron chi connectivity index (χ1n) is 17.9. The molecule has 6 saturated carbocycles. The van der Waals surface area contributed by atoms with Crippen molar-refractivity contribution in [1.29, 1.82) is 0 Å². The molecule has 2 atom stereocenters. The van der Waals surface area contributed by atoms with Gasteiger partial charge in [0.1, 0.15) is 11.5 Å². The number of hydrogen-bond acceptors (Lipinski definition) is 6. The molecule has 2 heterocycles. The summed E-state index contributed by atoms with van der Waals surface area (Å²) in [4.78, 5) is 57.7. The number of carbonyl (C=O) groups excluding carboxylic acids is 4. The van der Waals surface area contributed by atoms with Gasteiger partial charge in [-0.25, -0.2) is 0 Å². The second-order valence-corrected chi connectivity index (χ2v) is 16.0. The predicted octanol–water partition coefficient (Wildman–Crippen LogP) is 6.79. The van der Waals surface area contributed by atoms with Gasteiger partial charge in [-0.15, -0.1) is 11.6 Å². The van der Waals surface area contributed by atoms with Gasteiger partial charge >= 0.3 is 11.9 Å². The van der Waals surface area contributed by atoms with Crippen LogP contribution in [0.3, 0.4) is 0 Å². The number of carbonyl (C=O) groups is 4. The molecular formula is C41H35ClN2O6. The molecule has 4 aromatic carbocycles. The zero-order chi connectivity index (χ0) is 34.2. The number of benzene rings is 4. The van der Waals surface area contributed by atoms with E-state index in [1.54, 1.807) is 0 Å². The minimum atomic E-state index is -0.405. The molecule has 0 N–H and O–H groups in total. The lowest BCUT2D eigenvalue weighted by Gasteiger charge is -3.09. The van der Waals surface area contributed by atoms with Crippen molar-refractivity contribution in [3.8, 4) is 11.5 Å². The number of halogens is 1. The third kappa shape index (κ3) is 2.88. The third-order valence-corrected chi connectivity index (χ3v) is 14.7. The van der Waals surface area contributed by atoms with Crippen LogP contribution in [0.5, 0.6) is 11.5 Å². The minimum Gasteiger partial charge on any atom is -0.426 e. The number of anilines is 2. The second-order valence-electron chi connectivity index (χ2n) is 15.7. The van der Waals surface area contributed by atoms with Crippen molar-refractivity contribution in [3.63, 3.8) is 0 Å². The molecule has 0 spiro atoms. The van der Waals surface area contributed by atoms with Crippen LogP contribution >= 0.6 is 11.6 Å². The monoisotopic (exact) mass is 686 g/mol. The van der Waals surface area contributed by atoms with Gasteiger partial charge in [0.15, 0.2) is 0 Å². The van der Waals surface area contributed by atoms with E-state index in [-0.39, 0.29) is 76.0 Å². The maximum Gasteiger partial charge on any atom is 0.308 e. The van der Waals surface area contributed by atoms with Crippen molar-refractivity contribution < 1.29 is 28.7 Å². The number of nitrogens with zero attached hydrogens (tertiary/aromatic N) is 2. The Balaban J connectivity index is 0.921. The fourth-order valence-electron chi connectivity index (χ4n) is 13.0. The average molecular weight is 687 g/mol. The number of amides is 2. The first-order chi connectivity index (χ1) is 24.2. The van der Waals surface area contributed by atoms with Gasteiger partial charge in [0.05, 0.1) is 22.2 Å². The summed E-state index contributed by atoms with van der Waals surface area (Å²) in [6.07, 6.45) is 0.900. The molecule has 9 heteroatoms. The van der Waals surface area contributed by atoms with Gasteiger partial charge in [0.2, 0.25) is 11.8 Å². The van der Waals surface area contributed by atoms with Crippen molar-refractivity contribution in [3.05, 3.63) is 71.8 Å². The van der Waals surface area contributed by atoms with E-state index < -0.39 is 5.97 Å². The SMILES string of the molecule is CCC1CN(C(=O)C23C4C5C2C2C3C4C52C(=O)N2CC(CCl)c3c2cc(OC(C)=O)c2ccccc32)c2cc(OC(C)=O)c3ccccc3c21. The highest BCUT2D eigenvalue weighted by atomic mass is 35.5. The average Bonchev–Trinajstić information content (AvgIpc) is 3.69. The Morgan fingerprint density at radius 1 is 0.660 bits per heavy atom. The summed E-state index contributed by atoms with van der Waals surface area (Å²) in [5, 5.41) is 3.72. The largest absolute Gasteiger partial charge is 0.426 e. The predicted molar refractivity (Wildman–Crippen MR) is 188 cm³/mol. The van der Waals surface area contributed by atoms with Crippen LogP contribution in [0.15, 0.2) is 60.7 Å². The zero-order valence-corrected chi connectivity index (χ0v) is 28.7. The first-order valence-corrected chi connectivity index (χ1v) is 18.4. The van der Waals surface area contributed by atoms with E-state index in [1.165, 1.54) is 13.8 Å². The van der Waals surface area contributed by atoms with Crippen LogP contribution in [0.4, 0.5) is 11.4 Å². The summed E-state index contributed by atoms with van der Waals surface area (Å²) in [6.45, 7) is 6.09. The molecule has 2 aliphatic heterocycles. The Morgan fingerprint density at radius 2 is 1.04 bits per heavy atom. The van der Waals surface area contributed by atoms with Crippen molar-refractivity contribution in [2.24, 2.45) is 46.3 Å². The molecule has 50 heavy (non-hydrogen) atoms. The Hall–Kier alpha value is -4.43. The Morgan fingerprint density at radius 3 is 1.42 bits per heavy atom. The number of ether oxygens (including phenoxy) is 2. The standard InChI is InChI=1S/C41H35ClN2O6/c1-4-20-16-43(26-13-28(49-18(2)45)22-9-5-7-11-24(22)30(20)26)38(47)40-32-35-33(40)37-34(40)36(32)41(35,37)39(48)44-17-21(15-42)31-25-12-8-6-10-23(25)29(14-27(31)44)50-19(3)46/h5-14,20-21,32-37H,4,15-17H2,1-3H3. The lowest BCUT2D eigenvalue weighted by Crippen LogP contribution is -3.12. The molecule has 6 aliphatic carbocycles. The fraction of sp³-hybridized carbons (Fsp3) is 0.415. The molecule has 4 aromatic rings. The van der Waals surface area contributed by atoms with Crippen LogP contribution in [0, 0.1) is 46.3 Å². The molecule has 8 nitrogen and oxygen atoms in total. The van der Waals surface area contributed by atoms with Crippen LogP contribution < -0.4 is 19.3 Å². The van der Waals surface area contributed by atoms with Crippen LogP contribution in [0.2, 0.25) is 0 Å². The third-order valence-electron chi connectivity index (χ3n) is 14.3. The number of hydrogen-bond donors (Lipinski definition) is 0. The topological polar surface area (TPSA) is 93.2 Å². The van der Waals surface area contributed by atoms with Gasteiger partial charge < -0.3 is 19.3 Å². The lowest BCUT2D eigenvalue weighted by molar-refractivity contribution is -0.623. The van der Waals surface area contributed by atoms with Gasteiger partial charge in [-0.05, 0) is 63.8 Å². The summed E-state index contributed by atoms with van der Waals surface area (Å²) in [6, 6.07) is 19.6. The maximum absolute atomic E-state index is 14.8. The lowest BCUT2D eigenvalue weighted by atomic mass is 8.92. The Labute approximate surface area is 293 Å². The normalized spacial score (nSPS) is 35.2. The Kier molecular flexibility index (Phi) is 5.43. The summed E-state index contributed by atoms with van der Waals surface area (Å²) in [5.41, 5.74) is 3.12. The summed E-state index contributed by atoms with van der Waals surface area (Å²) in [5.74, 6) is 2.53. The van der Waals surface area contributed by atoms with Crippen LogP contribution in [0.25, 0.3) is 21.5 Å².